The molecule has 0 aliphatic rings. The third-order valence-corrected chi connectivity index (χ3v) is 5.19. The van der Waals surface area contributed by atoms with Crippen LogP contribution in [0.25, 0.3) is 0 Å². The average Bonchev–Trinajstić information content (AvgIpc) is 2.69. The van der Waals surface area contributed by atoms with Crippen LogP contribution in [0.15, 0.2) is 51.9 Å². The topological polar surface area (TPSA) is 40.0 Å². The van der Waals surface area contributed by atoms with Gasteiger partial charge in [-0.05, 0) is 51.0 Å². The molecule has 0 amide bonds. The molecule has 0 saturated heterocycles. The van der Waals surface area contributed by atoms with Crippen LogP contribution in [-0.4, -0.2) is 33.3 Å². The van der Waals surface area contributed by atoms with Crippen LogP contribution < -0.4 is 4.74 Å². The molecule has 5 heteroatoms. The van der Waals surface area contributed by atoms with Crippen LogP contribution in [0.2, 0.25) is 0 Å². The first-order chi connectivity index (χ1) is 13.9. The second kappa shape index (κ2) is 11.5. The number of aliphatic imine (C=N–C) groups is 1. The first-order valence-electron chi connectivity index (χ1n) is 9.98. The lowest BCUT2D eigenvalue weighted by Crippen LogP contribution is -2.14. The Labute approximate surface area is 183 Å². The van der Waals surface area contributed by atoms with E-state index in [0.717, 1.165) is 27.8 Å². The molecular formula is C24H32BrNO3. The first kappa shape index (κ1) is 23.6. The van der Waals surface area contributed by atoms with Crippen molar-refractivity contribution >= 4 is 22.1 Å². The number of ether oxygens (including phenoxy) is 3. The van der Waals surface area contributed by atoms with Crippen molar-refractivity contribution in [2.75, 3.05) is 27.1 Å². The summed E-state index contributed by atoms with van der Waals surface area (Å²) in [6.07, 6.45) is 2.80. The Morgan fingerprint density at radius 2 is 1.83 bits per heavy atom. The van der Waals surface area contributed by atoms with E-state index in [0.29, 0.717) is 13.2 Å². The van der Waals surface area contributed by atoms with Gasteiger partial charge >= 0.3 is 0 Å². The predicted octanol–water partition coefficient (Wildman–Crippen LogP) is 6.32. The SMILES string of the molecule is CC[C@H](N=Cc1ccccc1)c1cc(C(C)(C)C)cc(Br)c1OCOCCOC. The Hall–Kier alpha value is -1.69. The van der Waals surface area contributed by atoms with E-state index < -0.39 is 0 Å². The van der Waals surface area contributed by atoms with Crippen LogP contribution >= 0.6 is 15.9 Å². The minimum atomic E-state index is -0.0113. The lowest BCUT2D eigenvalue weighted by atomic mass is 9.85. The fourth-order valence-corrected chi connectivity index (χ4v) is 3.46. The third-order valence-electron chi connectivity index (χ3n) is 4.61. The van der Waals surface area contributed by atoms with Crippen LogP contribution in [0.3, 0.4) is 0 Å². The summed E-state index contributed by atoms with van der Waals surface area (Å²) in [5.74, 6) is 0.785. The highest BCUT2D eigenvalue weighted by molar-refractivity contribution is 9.10. The molecule has 0 aromatic heterocycles. The van der Waals surface area contributed by atoms with Gasteiger partial charge in [-0.2, -0.15) is 0 Å². The molecule has 0 aliphatic carbocycles. The number of methoxy groups -OCH3 is 1. The van der Waals surface area contributed by atoms with Crippen LogP contribution in [0.5, 0.6) is 5.75 Å². The summed E-state index contributed by atoms with van der Waals surface area (Å²) < 4.78 is 17.5. The Morgan fingerprint density at radius 1 is 1.10 bits per heavy atom. The lowest BCUT2D eigenvalue weighted by Gasteiger charge is -2.24. The van der Waals surface area contributed by atoms with Gasteiger partial charge in [0.1, 0.15) is 5.75 Å². The number of nitrogens with zero attached hydrogens (tertiary/aromatic N) is 1. The summed E-state index contributed by atoms with van der Waals surface area (Å²) in [6.45, 7) is 9.97. The van der Waals surface area contributed by atoms with Crippen LogP contribution in [0.4, 0.5) is 0 Å². The number of hydrogen-bond donors (Lipinski definition) is 0. The highest BCUT2D eigenvalue weighted by Crippen LogP contribution is 2.40. The maximum Gasteiger partial charge on any atom is 0.189 e. The summed E-state index contributed by atoms with van der Waals surface area (Å²) in [4.78, 5) is 4.88. The Morgan fingerprint density at radius 3 is 2.45 bits per heavy atom. The van der Waals surface area contributed by atoms with Crippen molar-refractivity contribution in [3.05, 3.63) is 63.6 Å². The van der Waals surface area contributed by atoms with Gasteiger partial charge < -0.3 is 14.2 Å². The maximum absolute atomic E-state index is 6.02. The molecule has 0 unspecified atom stereocenters. The molecule has 0 heterocycles. The summed E-state index contributed by atoms with van der Waals surface area (Å²) >= 11 is 3.71. The summed E-state index contributed by atoms with van der Waals surface area (Å²) in [5.41, 5.74) is 3.41. The molecule has 0 saturated carbocycles. The van der Waals surface area contributed by atoms with Crippen molar-refractivity contribution in [3.63, 3.8) is 0 Å². The molecule has 1 atom stereocenters. The monoisotopic (exact) mass is 461 g/mol. The minimum absolute atomic E-state index is 0.0113. The van der Waals surface area contributed by atoms with Gasteiger partial charge in [0.15, 0.2) is 6.79 Å². The van der Waals surface area contributed by atoms with Gasteiger partial charge in [-0.15, -0.1) is 0 Å². The molecule has 0 fully saturated rings. The molecule has 2 rings (SSSR count). The van der Waals surface area contributed by atoms with Crippen LogP contribution in [0, 0.1) is 0 Å². The van der Waals surface area contributed by atoms with Crippen molar-refractivity contribution in [2.24, 2.45) is 4.99 Å². The summed E-state index contributed by atoms with van der Waals surface area (Å²) in [6, 6.07) is 14.5. The fraction of sp³-hybridized carbons (Fsp3) is 0.458. The molecule has 2 aromatic carbocycles. The van der Waals surface area contributed by atoms with Gasteiger partial charge in [0.05, 0.1) is 23.7 Å². The Kier molecular flexibility index (Phi) is 9.34. The normalized spacial score (nSPS) is 13.0. The van der Waals surface area contributed by atoms with Gasteiger partial charge in [-0.25, -0.2) is 0 Å². The van der Waals surface area contributed by atoms with Crippen molar-refractivity contribution in [2.45, 2.75) is 45.6 Å². The number of rotatable bonds is 10. The quantitative estimate of drug-likeness (QED) is 0.236. The molecule has 158 valence electrons. The molecule has 4 nitrogen and oxygen atoms in total. The first-order valence-corrected chi connectivity index (χ1v) is 10.8. The average molecular weight is 462 g/mol. The number of hydrogen-bond acceptors (Lipinski definition) is 4. The largest absolute Gasteiger partial charge is 0.466 e. The molecular weight excluding hydrogens is 430 g/mol. The molecule has 2 aromatic rings. The van der Waals surface area contributed by atoms with Crippen molar-refractivity contribution in [1.29, 1.82) is 0 Å². The van der Waals surface area contributed by atoms with Crippen LogP contribution in [0.1, 0.15) is 56.8 Å². The number of halogens is 1. The van der Waals surface area contributed by atoms with Gasteiger partial charge in [0.25, 0.3) is 0 Å². The molecule has 0 spiro atoms. The number of benzene rings is 2. The summed E-state index contributed by atoms with van der Waals surface area (Å²) in [5, 5.41) is 0. The van der Waals surface area contributed by atoms with E-state index in [1.807, 2.05) is 24.4 Å². The van der Waals surface area contributed by atoms with Crippen LogP contribution in [-0.2, 0) is 14.9 Å². The highest BCUT2D eigenvalue weighted by atomic mass is 79.9. The molecule has 29 heavy (non-hydrogen) atoms. The van der Waals surface area contributed by atoms with E-state index in [4.69, 9.17) is 19.2 Å². The summed E-state index contributed by atoms with van der Waals surface area (Å²) in [7, 11) is 1.65. The molecule has 0 radical (unpaired) electrons. The fourth-order valence-electron chi connectivity index (χ4n) is 2.87. The second-order valence-corrected chi connectivity index (χ2v) is 8.76. The predicted molar refractivity (Wildman–Crippen MR) is 123 cm³/mol. The van der Waals surface area contributed by atoms with Crippen molar-refractivity contribution in [3.8, 4) is 5.75 Å². The Balaban J connectivity index is 2.35. The van der Waals surface area contributed by atoms with E-state index >= 15 is 0 Å². The van der Waals surface area contributed by atoms with E-state index in [2.05, 4.69) is 67.9 Å². The Bertz CT molecular complexity index is 785. The smallest absolute Gasteiger partial charge is 0.189 e. The standard InChI is InChI=1S/C24H32BrNO3/c1-6-22(26-16-18-10-8-7-9-11-18)20-14-19(24(2,3)4)15-21(25)23(20)29-17-28-13-12-27-5/h7-11,14-16,22H,6,12-13,17H2,1-5H3/t22-/m0/s1. The van der Waals surface area contributed by atoms with E-state index in [1.54, 1.807) is 7.11 Å². The minimum Gasteiger partial charge on any atom is -0.466 e. The lowest BCUT2D eigenvalue weighted by molar-refractivity contribution is -0.00935. The van der Waals surface area contributed by atoms with Gasteiger partial charge in [-0.3, -0.25) is 4.99 Å². The molecule has 0 aliphatic heterocycles. The van der Waals surface area contributed by atoms with Crippen molar-refractivity contribution < 1.29 is 14.2 Å². The zero-order valence-corrected chi connectivity index (χ0v) is 19.7. The third kappa shape index (κ3) is 7.25. The molecule has 0 bridgehead atoms. The molecule has 0 N–H and O–H groups in total. The zero-order valence-electron chi connectivity index (χ0n) is 18.1. The zero-order chi connectivity index (χ0) is 21.3. The van der Waals surface area contributed by atoms with Gasteiger partial charge in [0, 0.05) is 18.9 Å². The maximum atomic E-state index is 6.02. The highest BCUT2D eigenvalue weighted by Gasteiger charge is 2.22. The van der Waals surface area contributed by atoms with E-state index in [1.165, 1.54) is 5.56 Å². The van der Waals surface area contributed by atoms with E-state index in [-0.39, 0.29) is 18.2 Å². The van der Waals surface area contributed by atoms with Gasteiger partial charge in [0.2, 0.25) is 0 Å². The van der Waals surface area contributed by atoms with Gasteiger partial charge in [-0.1, -0.05) is 58.0 Å². The second-order valence-electron chi connectivity index (χ2n) is 7.90. The van der Waals surface area contributed by atoms with Crippen molar-refractivity contribution in [1.82, 2.24) is 0 Å². The van der Waals surface area contributed by atoms with E-state index in [9.17, 15) is 0 Å².